The van der Waals surface area contributed by atoms with Gasteiger partial charge in [0, 0.05) is 5.02 Å². The van der Waals surface area contributed by atoms with Crippen LogP contribution in [0.15, 0.2) is 48.5 Å². The second-order valence-electron chi connectivity index (χ2n) is 6.04. The van der Waals surface area contributed by atoms with Crippen LogP contribution in [0.2, 0.25) is 5.02 Å². The molecular weight excluding hydrogens is 350 g/mol. The number of hydrogen-bond acceptors (Lipinski definition) is 3. The van der Waals surface area contributed by atoms with Crippen LogP contribution < -0.4 is 10.1 Å². The Balaban J connectivity index is 1.69. The van der Waals surface area contributed by atoms with Crippen molar-refractivity contribution in [1.82, 2.24) is 9.78 Å². The van der Waals surface area contributed by atoms with Crippen molar-refractivity contribution in [3.63, 3.8) is 0 Å². The van der Waals surface area contributed by atoms with Crippen LogP contribution in [-0.4, -0.2) is 22.3 Å². The Labute approximate surface area is 157 Å². The maximum Gasteiger partial charge on any atom is 0.262 e. The fourth-order valence-corrected chi connectivity index (χ4v) is 2.79. The highest BCUT2D eigenvalue weighted by atomic mass is 35.5. The molecule has 1 amide bonds. The monoisotopic (exact) mass is 369 g/mol. The number of carbonyl (C=O) groups is 1. The number of para-hydroxylation sites is 1. The fraction of sp³-hybridized carbons (Fsp3) is 0.200. The van der Waals surface area contributed by atoms with Gasteiger partial charge in [-0.1, -0.05) is 29.8 Å². The molecule has 0 aliphatic heterocycles. The Bertz CT molecular complexity index is 936. The SMILES string of the molecule is Cc1cc(OCC(=O)Nc2c(C)nn(-c3ccccc3)c2C)ccc1Cl. The van der Waals surface area contributed by atoms with Gasteiger partial charge in [-0.05, 0) is 56.7 Å². The first-order valence-electron chi connectivity index (χ1n) is 8.26. The molecule has 3 aromatic rings. The highest BCUT2D eigenvalue weighted by molar-refractivity contribution is 6.31. The zero-order valence-electron chi connectivity index (χ0n) is 14.9. The molecule has 26 heavy (non-hydrogen) atoms. The third-order valence-corrected chi connectivity index (χ3v) is 4.48. The van der Waals surface area contributed by atoms with Crippen LogP contribution in [0, 0.1) is 20.8 Å². The number of amides is 1. The third kappa shape index (κ3) is 3.89. The van der Waals surface area contributed by atoms with Gasteiger partial charge in [0.1, 0.15) is 5.75 Å². The Kier molecular flexibility index (Phi) is 5.28. The molecule has 0 saturated heterocycles. The van der Waals surface area contributed by atoms with E-state index in [4.69, 9.17) is 16.3 Å². The maximum absolute atomic E-state index is 12.3. The molecule has 134 valence electrons. The van der Waals surface area contributed by atoms with Crippen LogP contribution in [0.4, 0.5) is 5.69 Å². The van der Waals surface area contributed by atoms with E-state index in [0.717, 1.165) is 22.6 Å². The van der Waals surface area contributed by atoms with Gasteiger partial charge < -0.3 is 10.1 Å². The zero-order valence-corrected chi connectivity index (χ0v) is 15.7. The second-order valence-corrected chi connectivity index (χ2v) is 6.45. The summed E-state index contributed by atoms with van der Waals surface area (Å²) in [4.78, 5) is 12.3. The highest BCUT2D eigenvalue weighted by Gasteiger charge is 2.15. The van der Waals surface area contributed by atoms with Crippen LogP contribution in [0.1, 0.15) is 17.0 Å². The van der Waals surface area contributed by atoms with E-state index < -0.39 is 0 Å². The standard InChI is InChI=1S/C20H20ClN3O2/c1-13-11-17(9-10-18(13)21)26-12-19(25)22-20-14(2)23-24(15(20)3)16-7-5-4-6-8-16/h4-11H,12H2,1-3H3,(H,22,25). The Morgan fingerprint density at radius 3 is 2.58 bits per heavy atom. The minimum absolute atomic E-state index is 0.0868. The fourth-order valence-electron chi connectivity index (χ4n) is 2.68. The van der Waals surface area contributed by atoms with Gasteiger partial charge in [-0.3, -0.25) is 4.79 Å². The van der Waals surface area contributed by atoms with Gasteiger partial charge in [0.2, 0.25) is 0 Å². The zero-order chi connectivity index (χ0) is 18.7. The van der Waals surface area contributed by atoms with Crippen LogP contribution in [0.3, 0.4) is 0 Å². The summed E-state index contributed by atoms with van der Waals surface area (Å²) < 4.78 is 7.36. The molecule has 1 heterocycles. The lowest BCUT2D eigenvalue weighted by molar-refractivity contribution is -0.118. The van der Waals surface area contributed by atoms with Crippen molar-refractivity contribution >= 4 is 23.2 Å². The van der Waals surface area contributed by atoms with E-state index in [0.29, 0.717) is 16.5 Å². The van der Waals surface area contributed by atoms with Crippen molar-refractivity contribution in [1.29, 1.82) is 0 Å². The van der Waals surface area contributed by atoms with Crippen LogP contribution in [-0.2, 0) is 4.79 Å². The van der Waals surface area contributed by atoms with Gasteiger partial charge in [0.15, 0.2) is 6.61 Å². The lowest BCUT2D eigenvalue weighted by Gasteiger charge is -2.09. The summed E-state index contributed by atoms with van der Waals surface area (Å²) in [6, 6.07) is 15.1. The van der Waals surface area contributed by atoms with Crippen molar-refractivity contribution in [3.05, 3.63) is 70.5 Å². The number of carbonyl (C=O) groups excluding carboxylic acids is 1. The lowest BCUT2D eigenvalue weighted by Crippen LogP contribution is -2.21. The van der Waals surface area contributed by atoms with Crippen molar-refractivity contribution in [2.45, 2.75) is 20.8 Å². The van der Waals surface area contributed by atoms with Gasteiger partial charge in [0.25, 0.3) is 5.91 Å². The molecule has 2 aromatic carbocycles. The van der Waals surface area contributed by atoms with Gasteiger partial charge in [-0.25, -0.2) is 4.68 Å². The van der Waals surface area contributed by atoms with E-state index in [2.05, 4.69) is 10.4 Å². The van der Waals surface area contributed by atoms with Crippen LogP contribution >= 0.6 is 11.6 Å². The minimum Gasteiger partial charge on any atom is -0.484 e. The van der Waals surface area contributed by atoms with E-state index in [-0.39, 0.29) is 12.5 Å². The molecule has 1 aromatic heterocycles. The highest BCUT2D eigenvalue weighted by Crippen LogP contribution is 2.23. The topological polar surface area (TPSA) is 56.1 Å². The summed E-state index contributed by atoms with van der Waals surface area (Å²) >= 11 is 5.99. The summed E-state index contributed by atoms with van der Waals surface area (Å²) in [7, 11) is 0. The first-order valence-corrected chi connectivity index (χ1v) is 8.64. The van der Waals surface area contributed by atoms with Crippen molar-refractivity contribution in [2.75, 3.05) is 11.9 Å². The number of aryl methyl sites for hydroxylation is 2. The third-order valence-electron chi connectivity index (χ3n) is 4.06. The lowest BCUT2D eigenvalue weighted by atomic mass is 10.2. The maximum atomic E-state index is 12.3. The molecule has 0 bridgehead atoms. The normalized spacial score (nSPS) is 10.6. The number of aromatic nitrogens is 2. The van der Waals surface area contributed by atoms with E-state index >= 15 is 0 Å². The van der Waals surface area contributed by atoms with E-state index in [1.807, 2.05) is 55.8 Å². The first kappa shape index (κ1) is 18.0. The molecule has 1 N–H and O–H groups in total. The number of ether oxygens (including phenoxy) is 1. The summed E-state index contributed by atoms with van der Waals surface area (Å²) in [5.74, 6) is 0.367. The number of hydrogen-bond donors (Lipinski definition) is 1. The van der Waals surface area contributed by atoms with Crippen molar-refractivity contribution < 1.29 is 9.53 Å². The number of halogens is 1. The number of nitrogens with one attached hydrogen (secondary N) is 1. The van der Waals surface area contributed by atoms with Crippen LogP contribution in [0.5, 0.6) is 5.75 Å². The second kappa shape index (κ2) is 7.62. The van der Waals surface area contributed by atoms with Crippen LogP contribution in [0.25, 0.3) is 5.69 Å². The Morgan fingerprint density at radius 1 is 1.15 bits per heavy atom. The minimum atomic E-state index is -0.239. The molecule has 0 unspecified atom stereocenters. The quantitative estimate of drug-likeness (QED) is 0.722. The molecule has 0 spiro atoms. The molecule has 0 fully saturated rings. The number of nitrogens with zero attached hydrogens (tertiary/aromatic N) is 2. The average molecular weight is 370 g/mol. The van der Waals surface area contributed by atoms with E-state index in [1.165, 1.54) is 0 Å². The van der Waals surface area contributed by atoms with Gasteiger partial charge >= 0.3 is 0 Å². The predicted molar refractivity (Wildman–Crippen MR) is 103 cm³/mol. The van der Waals surface area contributed by atoms with E-state index in [9.17, 15) is 4.79 Å². The largest absolute Gasteiger partial charge is 0.484 e. The van der Waals surface area contributed by atoms with Gasteiger partial charge in [-0.15, -0.1) is 0 Å². The summed E-state index contributed by atoms with van der Waals surface area (Å²) in [5.41, 5.74) is 4.17. The van der Waals surface area contributed by atoms with Crippen molar-refractivity contribution in [3.8, 4) is 11.4 Å². The molecule has 3 rings (SSSR count). The Hall–Kier alpha value is -2.79. The molecule has 0 atom stereocenters. The first-order chi connectivity index (χ1) is 12.5. The Morgan fingerprint density at radius 2 is 1.88 bits per heavy atom. The number of rotatable bonds is 5. The molecule has 0 radical (unpaired) electrons. The predicted octanol–water partition coefficient (Wildman–Crippen LogP) is 4.47. The van der Waals surface area contributed by atoms with E-state index in [1.54, 1.807) is 18.2 Å². The molecule has 0 saturated carbocycles. The average Bonchev–Trinajstić information content (AvgIpc) is 2.91. The number of anilines is 1. The summed E-state index contributed by atoms with van der Waals surface area (Å²) in [5, 5.41) is 8.08. The van der Waals surface area contributed by atoms with Gasteiger partial charge in [0.05, 0.1) is 22.8 Å². The smallest absolute Gasteiger partial charge is 0.262 e. The molecule has 0 aliphatic rings. The molecule has 0 aliphatic carbocycles. The summed E-state index contributed by atoms with van der Waals surface area (Å²) in [6.07, 6.45) is 0. The van der Waals surface area contributed by atoms with Gasteiger partial charge in [-0.2, -0.15) is 5.10 Å². The molecule has 5 nitrogen and oxygen atoms in total. The molecule has 6 heteroatoms. The number of benzene rings is 2. The van der Waals surface area contributed by atoms with Crippen molar-refractivity contribution in [2.24, 2.45) is 0 Å². The summed E-state index contributed by atoms with van der Waals surface area (Å²) in [6.45, 7) is 5.59. The molecular formula is C20H20ClN3O2.